The molecule has 0 saturated carbocycles. The van der Waals surface area contributed by atoms with Crippen LogP contribution in [0.15, 0.2) is 24.3 Å². The highest BCUT2D eigenvalue weighted by molar-refractivity contribution is 5.99. The van der Waals surface area contributed by atoms with Crippen LogP contribution in [0.4, 0.5) is 0 Å². The summed E-state index contributed by atoms with van der Waals surface area (Å²) >= 11 is 0. The summed E-state index contributed by atoms with van der Waals surface area (Å²) < 4.78 is 12.4. The van der Waals surface area contributed by atoms with E-state index in [1.54, 1.807) is 4.90 Å². The summed E-state index contributed by atoms with van der Waals surface area (Å²) in [5.41, 5.74) is -2.29. The molecule has 1 unspecified atom stereocenters. The van der Waals surface area contributed by atoms with E-state index in [1.165, 1.54) is 4.90 Å². The van der Waals surface area contributed by atoms with Gasteiger partial charge in [0.1, 0.15) is 23.2 Å². The molecular weight excluding hydrogens is 424 g/mol. The number of unbranched alkanes of at least 4 members (excludes halogenated alkanes) is 2. The third-order valence-corrected chi connectivity index (χ3v) is 7.59. The number of likely N-dealkylation sites (tertiary alicyclic amines) is 1. The van der Waals surface area contributed by atoms with Crippen LogP contribution in [-0.2, 0) is 23.9 Å². The molecule has 5 atom stereocenters. The Morgan fingerprint density at radius 3 is 2.61 bits per heavy atom. The van der Waals surface area contributed by atoms with Crippen molar-refractivity contribution in [2.24, 2.45) is 11.8 Å². The molecule has 182 valence electrons. The number of nitrogens with zero attached hydrogens (tertiary/aromatic N) is 2. The fraction of sp³-hybridized carbons (Fsp3) is 0.720. The normalized spacial score (nSPS) is 36.9. The van der Waals surface area contributed by atoms with Crippen molar-refractivity contribution in [3.05, 3.63) is 24.3 Å². The van der Waals surface area contributed by atoms with E-state index in [0.29, 0.717) is 25.9 Å². The highest BCUT2D eigenvalue weighted by atomic mass is 16.6. The number of β-amino-alcohol motifs (C(OH)–C–C–N with tert-alkyl or cyclic N) is 1. The number of hydrogen-bond acceptors (Lipinski definition) is 6. The molecule has 2 fully saturated rings. The number of ether oxygens (including phenoxy) is 2. The number of aliphatic hydroxyl groups is 1. The summed E-state index contributed by atoms with van der Waals surface area (Å²) in [7, 11) is 0. The van der Waals surface area contributed by atoms with Gasteiger partial charge >= 0.3 is 5.97 Å². The van der Waals surface area contributed by atoms with E-state index in [4.69, 9.17) is 9.47 Å². The SMILES string of the molecule is CCCCCN1CC=C[C@]23O[C@]4(CC)/C=C\CCCOC(=O)[C@@H]4[C@H]2C(=O)N(CCO)C3C1=O. The van der Waals surface area contributed by atoms with Crippen molar-refractivity contribution >= 4 is 17.8 Å². The van der Waals surface area contributed by atoms with Crippen molar-refractivity contribution in [3.63, 3.8) is 0 Å². The van der Waals surface area contributed by atoms with Gasteiger partial charge in [0.25, 0.3) is 0 Å². The number of hydrogen-bond donors (Lipinski definition) is 1. The highest BCUT2D eigenvalue weighted by Gasteiger charge is 2.75. The van der Waals surface area contributed by atoms with E-state index >= 15 is 0 Å². The first-order valence-corrected chi connectivity index (χ1v) is 12.4. The van der Waals surface area contributed by atoms with Crippen LogP contribution in [0.3, 0.4) is 0 Å². The van der Waals surface area contributed by atoms with Gasteiger partial charge in [-0.05, 0) is 25.7 Å². The van der Waals surface area contributed by atoms with Crippen molar-refractivity contribution in [1.29, 1.82) is 0 Å². The minimum atomic E-state index is -1.27. The number of carbonyl (C=O) groups excluding carboxylic acids is 3. The van der Waals surface area contributed by atoms with Gasteiger partial charge in [0, 0.05) is 19.6 Å². The first-order valence-electron chi connectivity index (χ1n) is 12.4. The van der Waals surface area contributed by atoms with Crippen LogP contribution < -0.4 is 0 Å². The van der Waals surface area contributed by atoms with Gasteiger partial charge in [0.15, 0.2) is 0 Å². The molecule has 8 nitrogen and oxygen atoms in total. The molecule has 0 aromatic heterocycles. The molecular formula is C25H36N2O6. The smallest absolute Gasteiger partial charge is 0.313 e. The molecule has 4 rings (SSSR count). The highest BCUT2D eigenvalue weighted by Crippen LogP contribution is 2.58. The third-order valence-electron chi connectivity index (χ3n) is 7.59. The fourth-order valence-electron chi connectivity index (χ4n) is 6.02. The minimum absolute atomic E-state index is 0.0181. The quantitative estimate of drug-likeness (QED) is 0.354. The van der Waals surface area contributed by atoms with Gasteiger partial charge in [0.05, 0.1) is 19.1 Å². The fourth-order valence-corrected chi connectivity index (χ4v) is 6.02. The number of rotatable bonds is 7. The van der Waals surface area contributed by atoms with Crippen LogP contribution >= 0.6 is 0 Å². The Hall–Kier alpha value is -2.19. The number of cyclic esters (lactones) is 1. The van der Waals surface area contributed by atoms with Crippen LogP contribution in [-0.4, -0.2) is 82.8 Å². The lowest BCUT2D eigenvalue weighted by molar-refractivity contribution is -0.161. The monoisotopic (exact) mass is 460 g/mol. The number of carbonyl (C=O) groups is 3. The molecule has 4 heterocycles. The van der Waals surface area contributed by atoms with Crippen molar-refractivity contribution in [1.82, 2.24) is 9.80 Å². The van der Waals surface area contributed by atoms with Crippen molar-refractivity contribution in [2.45, 2.75) is 69.6 Å². The topological polar surface area (TPSA) is 96.4 Å². The Kier molecular flexibility index (Phi) is 6.96. The summed E-state index contributed by atoms with van der Waals surface area (Å²) in [6, 6.07) is -0.914. The molecule has 33 heavy (non-hydrogen) atoms. The zero-order valence-electron chi connectivity index (χ0n) is 19.7. The second-order valence-electron chi connectivity index (χ2n) is 9.48. The van der Waals surface area contributed by atoms with Crippen molar-refractivity contribution in [3.8, 4) is 0 Å². The Bertz CT molecular complexity index is 841. The second kappa shape index (κ2) is 9.58. The molecule has 8 heteroatoms. The molecule has 0 aliphatic carbocycles. The summed E-state index contributed by atoms with van der Waals surface area (Å²) in [6.45, 7) is 5.11. The van der Waals surface area contributed by atoms with E-state index in [9.17, 15) is 19.5 Å². The lowest BCUT2D eigenvalue weighted by atomic mass is 9.73. The molecule has 1 spiro atoms. The first-order chi connectivity index (χ1) is 16.0. The molecule has 2 amide bonds. The second-order valence-corrected chi connectivity index (χ2v) is 9.48. The average molecular weight is 461 g/mol. The van der Waals surface area contributed by atoms with Gasteiger partial charge in [-0.15, -0.1) is 0 Å². The maximum absolute atomic E-state index is 13.9. The molecule has 0 aromatic carbocycles. The number of fused-ring (bicyclic) bond motifs is 2. The molecule has 4 aliphatic rings. The largest absolute Gasteiger partial charge is 0.465 e. The number of aliphatic hydroxyl groups excluding tert-OH is 1. The Morgan fingerprint density at radius 1 is 1.06 bits per heavy atom. The van der Waals surface area contributed by atoms with E-state index in [0.717, 1.165) is 25.7 Å². The molecule has 2 saturated heterocycles. The number of amides is 2. The Balaban J connectivity index is 1.81. The standard InChI is InChI=1S/C25H36N2O6/c1-3-5-8-13-26-14-10-12-25-18(21(29)27(15-16-28)20(25)22(26)30)19-23(31)32-17-9-6-7-11-24(19,4-2)33-25/h7,10-12,18-20,28H,3-6,8-9,13-17H2,1-2H3/b11-7-/t18-,19-,20?,24+,25-/m0/s1. The Labute approximate surface area is 195 Å². The van der Waals surface area contributed by atoms with Gasteiger partial charge in [-0.1, -0.05) is 51.0 Å². The van der Waals surface area contributed by atoms with Gasteiger partial charge in [-0.3, -0.25) is 14.4 Å². The average Bonchev–Trinajstić information content (AvgIpc) is 3.17. The molecule has 0 bridgehead atoms. The van der Waals surface area contributed by atoms with Crippen molar-refractivity contribution in [2.75, 3.05) is 32.8 Å². The van der Waals surface area contributed by atoms with E-state index in [1.807, 2.05) is 31.2 Å². The lowest BCUT2D eigenvalue weighted by Gasteiger charge is -2.38. The minimum Gasteiger partial charge on any atom is -0.465 e. The van der Waals surface area contributed by atoms with Crippen molar-refractivity contribution < 1.29 is 29.0 Å². The van der Waals surface area contributed by atoms with Crippen LogP contribution in [0.5, 0.6) is 0 Å². The maximum atomic E-state index is 13.9. The van der Waals surface area contributed by atoms with Gasteiger partial charge in [-0.2, -0.15) is 0 Å². The molecule has 1 N–H and O–H groups in total. The maximum Gasteiger partial charge on any atom is 0.313 e. The van der Waals surface area contributed by atoms with Gasteiger partial charge in [-0.25, -0.2) is 0 Å². The van der Waals surface area contributed by atoms with E-state index < -0.39 is 35.0 Å². The van der Waals surface area contributed by atoms with E-state index in [-0.39, 0.29) is 31.6 Å². The molecule has 0 aromatic rings. The molecule has 4 aliphatic heterocycles. The number of allylic oxidation sites excluding steroid dienone is 1. The predicted molar refractivity (Wildman–Crippen MR) is 121 cm³/mol. The number of esters is 1. The molecule has 0 radical (unpaired) electrons. The van der Waals surface area contributed by atoms with E-state index in [2.05, 4.69) is 6.92 Å². The third kappa shape index (κ3) is 3.81. The summed E-state index contributed by atoms with van der Waals surface area (Å²) in [6.07, 6.45) is 12.5. The van der Waals surface area contributed by atoms with Gasteiger partial charge in [0.2, 0.25) is 11.8 Å². The lowest BCUT2D eigenvalue weighted by Crippen LogP contribution is -2.56. The van der Waals surface area contributed by atoms with Crippen LogP contribution in [0.2, 0.25) is 0 Å². The van der Waals surface area contributed by atoms with Crippen LogP contribution in [0.1, 0.15) is 52.4 Å². The Morgan fingerprint density at radius 2 is 1.88 bits per heavy atom. The van der Waals surface area contributed by atoms with Crippen LogP contribution in [0.25, 0.3) is 0 Å². The van der Waals surface area contributed by atoms with Gasteiger partial charge < -0.3 is 24.4 Å². The first kappa shape index (κ1) is 24.0. The summed E-state index contributed by atoms with van der Waals surface area (Å²) in [5.74, 6) is -2.68. The zero-order valence-corrected chi connectivity index (χ0v) is 19.7. The predicted octanol–water partition coefficient (Wildman–Crippen LogP) is 1.82. The summed E-state index contributed by atoms with van der Waals surface area (Å²) in [4.78, 5) is 44.2. The zero-order chi connectivity index (χ0) is 23.6. The van der Waals surface area contributed by atoms with Crippen LogP contribution in [0, 0.1) is 11.8 Å². The summed E-state index contributed by atoms with van der Waals surface area (Å²) in [5, 5.41) is 9.71.